The molecule has 0 spiro atoms. The van der Waals surface area contributed by atoms with Crippen LogP contribution in [0.3, 0.4) is 0 Å². The maximum absolute atomic E-state index is 13.1. The summed E-state index contributed by atoms with van der Waals surface area (Å²) in [6, 6.07) is 0. The molecule has 1 aromatic rings. The van der Waals surface area contributed by atoms with Crippen LogP contribution in [0.1, 0.15) is 27.6 Å². The van der Waals surface area contributed by atoms with Crippen LogP contribution in [-0.2, 0) is 4.79 Å². The number of anilines is 1. The molecule has 0 aliphatic heterocycles. The number of rotatable bonds is 9. The standard InChI is InChI=1S/C17H22I3N3O7/c1-7(26)22-15-13(19)10(16(29)21-3-8(27)5-24)12(18)11(14(15)20)17(30)23(2)4-9(28)6-25/h8-9,24-25,27-28H,3-6H2,1-2H3,(H,21,29)(H,22,26). The average Bonchev–Trinajstić information content (AvgIpc) is 2.68. The van der Waals surface area contributed by atoms with E-state index in [0.717, 1.165) is 0 Å². The average molecular weight is 761 g/mol. The van der Waals surface area contributed by atoms with Crippen LogP contribution in [-0.4, -0.2) is 88.6 Å². The lowest BCUT2D eigenvalue weighted by Gasteiger charge is -2.24. The van der Waals surface area contributed by atoms with E-state index in [1.165, 1.54) is 18.9 Å². The first-order valence-electron chi connectivity index (χ1n) is 8.55. The van der Waals surface area contributed by atoms with Gasteiger partial charge in [0.2, 0.25) is 5.91 Å². The number of hydrogen-bond donors (Lipinski definition) is 6. The van der Waals surface area contributed by atoms with Crippen LogP contribution in [0.5, 0.6) is 0 Å². The molecule has 0 radical (unpaired) electrons. The Balaban J connectivity index is 3.55. The second-order valence-electron chi connectivity index (χ2n) is 6.32. The predicted octanol–water partition coefficient (Wildman–Crippen LogP) is -0.0330. The molecule has 0 aliphatic rings. The number of carbonyl (C=O) groups is 3. The second-order valence-corrected chi connectivity index (χ2v) is 9.55. The van der Waals surface area contributed by atoms with Gasteiger partial charge in [0.1, 0.15) is 0 Å². The van der Waals surface area contributed by atoms with Crippen LogP contribution in [0, 0.1) is 10.7 Å². The summed E-state index contributed by atoms with van der Waals surface area (Å²) in [5.41, 5.74) is 0.572. The number of nitrogens with one attached hydrogen (secondary N) is 2. The predicted molar refractivity (Wildman–Crippen MR) is 134 cm³/mol. The Morgan fingerprint density at radius 1 is 0.967 bits per heavy atom. The van der Waals surface area contributed by atoms with E-state index in [0.29, 0.717) is 10.7 Å². The van der Waals surface area contributed by atoms with Gasteiger partial charge in [-0.05, 0) is 67.8 Å². The van der Waals surface area contributed by atoms with Gasteiger partial charge in [-0.2, -0.15) is 0 Å². The zero-order valence-electron chi connectivity index (χ0n) is 16.1. The number of aliphatic hydroxyl groups is 4. The van der Waals surface area contributed by atoms with Crippen molar-refractivity contribution in [2.24, 2.45) is 0 Å². The Labute approximate surface area is 214 Å². The van der Waals surface area contributed by atoms with Gasteiger partial charge in [-0.25, -0.2) is 0 Å². The van der Waals surface area contributed by atoms with E-state index in [1.54, 1.807) is 0 Å². The highest BCUT2D eigenvalue weighted by Crippen LogP contribution is 2.36. The molecule has 0 aromatic heterocycles. The highest BCUT2D eigenvalue weighted by Gasteiger charge is 2.30. The van der Waals surface area contributed by atoms with Crippen molar-refractivity contribution in [1.29, 1.82) is 0 Å². The van der Waals surface area contributed by atoms with Crippen molar-refractivity contribution in [3.63, 3.8) is 0 Å². The summed E-state index contributed by atoms with van der Waals surface area (Å²) in [6.07, 6.45) is -2.27. The molecule has 168 valence electrons. The Bertz CT molecular complexity index is 823. The van der Waals surface area contributed by atoms with Gasteiger partial charge >= 0.3 is 0 Å². The largest absolute Gasteiger partial charge is 0.394 e. The fourth-order valence-electron chi connectivity index (χ4n) is 2.35. The van der Waals surface area contributed by atoms with Crippen molar-refractivity contribution < 1.29 is 34.8 Å². The van der Waals surface area contributed by atoms with Crippen LogP contribution in [0.2, 0.25) is 0 Å². The molecule has 2 unspecified atom stereocenters. The van der Waals surface area contributed by atoms with Gasteiger partial charge in [0.25, 0.3) is 11.8 Å². The lowest BCUT2D eigenvalue weighted by molar-refractivity contribution is -0.114. The monoisotopic (exact) mass is 761 g/mol. The Morgan fingerprint density at radius 3 is 2.00 bits per heavy atom. The molecular formula is C17H22I3N3O7. The first-order valence-corrected chi connectivity index (χ1v) is 11.8. The second kappa shape index (κ2) is 12.6. The Kier molecular flexibility index (Phi) is 11.7. The topological polar surface area (TPSA) is 159 Å². The third-order valence-corrected chi connectivity index (χ3v) is 7.05. The van der Waals surface area contributed by atoms with Gasteiger partial charge in [-0.3, -0.25) is 14.4 Å². The Hall–Kier alpha value is -0.340. The molecule has 0 heterocycles. The minimum atomic E-state index is -1.14. The SMILES string of the molecule is CC(=O)Nc1c(I)c(C(=O)NCC(O)CO)c(I)c(C(=O)N(C)CC(O)CO)c1I. The molecule has 3 amide bonds. The number of nitrogens with zero attached hydrogens (tertiary/aromatic N) is 1. The molecule has 1 aromatic carbocycles. The van der Waals surface area contributed by atoms with E-state index in [2.05, 4.69) is 10.6 Å². The molecule has 10 nitrogen and oxygen atoms in total. The fourth-order valence-corrected chi connectivity index (χ4v) is 6.74. The van der Waals surface area contributed by atoms with Crippen LogP contribution in [0.4, 0.5) is 5.69 Å². The van der Waals surface area contributed by atoms with Gasteiger partial charge in [0.05, 0.1) is 49.4 Å². The molecule has 0 saturated heterocycles. The molecule has 13 heteroatoms. The minimum Gasteiger partial charge on any atom is -0.394 e. The number of hydrogen-bond acceptors (Lipinski definition) is 7. The maximum atomic E-state index is 13.1. The summed E-state index contributed by atoms with van der Waals surface area (Å²) in [4.78, 5) is 38.8. The van der Waals surface area contributed by atoms with Gasteiger partial charge in [0.15, 0.2) is 0 Å². The molecule has 0 saturated carbocycles. The normalized spacial score (nSPS) is 12.8. The number of likely N-dealkylation sites (N-methyl/N-ethyl adjacent to an activating group) is 1. The number of benzene rings is 1. The van der Waals surface area contributed by atoms with Crippen LogP contribution >= 0.6 is 67.8 Å². The van der Waals surface area contributed by atoms with Crippen molar-refractivity contribution in [2.75, 3.05) is 38.7 Å². The van der Waals surface area contributed by atoms with Crippen molar-refractivity contribution in [3.05, 3.63) is 21.8 Å². The number of halogens is 3. The van der Waals surface area contributed by atoms with Crippen molar-refractivity contribution in [2.45, 2.75) is 19.1 Å². The molecular weight excluding hydrogens is 739 g/mol. The number of aliphatic hydroxyl groups excluding tert-OH is 4. The van der Waals surface area contributed by atoms with Gasteiger partial charge < -0.3 is 36.0 Å². The molecule has 0 aliphatic carbocycles. The first kappa shape index (κ1) is 27.7. The van der Waals surface area contributed by atoms with Crippen LogP contribution in [0.25, 0.3) is 0 Å². The zero-order chi connectivity index (χ0) is 23.2. The number of carbonyl (C=O) groups excluding carboxylic acids is 3. The minimum absolute atomic E-state index is 0.130. The summed E-state index contributed by atoms with van der Waals surface area (Å²) < 4.78 is 1.14. The smallest absolute Gasteiger partial charge is 0.255 e. The quantitative estimate of drug-likeness (QED) is 0.193. The zero-order valence-corrected chi connectivity index (χ0v) is 22.6. The summed E-state index contributed by atoms with van der Waals surface area (Å²) >= 11 is 5.66. The van der Waals surface area contributed by atoms with Crippen LogP contribution < -0.4 is 10.6 Å². The van der Waals surface area contributed by atoms with E-state index in [1.807, 2.05) is 67.8 Å². The fraction of sp³-hybridized carbons (Fsp3) is 0.471. The van der Waals surface area contributed by atoms with Crippen LogP contribution in [0.15, 0.2) is 0 Å². The van der Waals surface area contributed by atoms with Gasteiger partial charge in [-0.1, -0.05) is 0 Å². The Morgan fingerprint density at radius 2 is 1.50 bits per heavy atom. The molecule has 30 heavy (non-hydrogen) atoms. The highest BCUT2D eigenvalue weighted by atomic mass is 127. The molecule has 0 fully saturated rings. The summed E-state index contributed by atoms with van der Waals surface area (Å²) in [5, 5.41) is 42.3. The lowest BCUT2D eigenvalue weighted by Crippen LogP contribution is -2.38. The molecule has 2 atom stereocenters. The maximum Gasteiger partial charge on any atom is 0.255 e. The molecule has 6 N–H and O–H groups in total. The van der Waals surface area contributed by atoms with E-state index >= 15 is 0 Å². The lowest BCUT2D eigenvalue weighted by atomic mass is 10.1. The van der Waals surface area contributed by atoms with Gasteiger partial charge in [-0.15, -0.1) is 0 Å². The van der Waals surface area contributed by atoms with E-state index in [9.17, 15) is 24.6 Å². The summed E-state index contributed by atoms with van der Waals surface area (Å²) in [6.45, 7) is -0.0782. The number of amides is 3. The van der Waals surface area contributed by atoms with E-state index < -0.39 is 43.1 Å². The third-order valence-electron chi connectivity index (χ3n) is 3.81. The molecule has 1 rings (SSSR count). The van der Waals surface area contributed by atoms with E-state index in [-0.39, 0.29) is 29.9 Å². The van der Waals surface area contributed by atoms with Crippen molar-refractivity contribution in [1.82, 2.24) is 10.2 Å². The van der Waals surface area contributed by atoms with E-state index in [4.69, 9.17) is 10.2 Å². The summed E-state index contributed by atoms with van der Waals surface area (Å²) in [5.74, 6) is -1.49. The third kappa shape index (κ3) is 7.09. The van der Waals surface area contributed by atoms with Crippen molar-refractivity contribution in [3.8, 4) is 0 Å². The first-order chi connectivity index (χ1) is 14.0. The highest BCUT2D eigenvalue weighted by molar-refractivity contribution is 14.1. The van der Waals surface area contributed by atoms with Gasteiger partial charge in [0, 0.05) is 30.6 Å². The summed E-state index contributed by atoms with van der Waals surface area (Å²) in [7, 11) is 1.45. The molecule has 0 bridgehead atoms. The van der Waals surface area contributed by atoms with Crippen molar-refractivity contribution >= 4 is 91.2 Å².